The fourth-order valence-electron chi connectivity index (χ4n) is 5.16. The largest absolute Gasteiger partial charge is 0.451 e. The van der Waals surface area contributed by atoms with Gasteiger partial charge in [-0.15, -0.1) is 22.6 Å². The van der Waals surface area contributed by atoms with Gasteiger partial charge in [-0.05, 0) is 36.8 Å². The average Bonchev–Trinajstić information content (AvgIpc) is 3.58. The van der Waals surface area contributed by atoms with Crippen molar-refractivity contribution in [3.63, 3.8) is 0 Å². The predicted octanol–water partition coefficient (Wildman–Crippen LogP) is 2.57. The standard InChI is InChI=1S/C26H31F6N7O3.ClH/c1-13(2)22(33)24(42)38-5-3-4-19(38)23(41)34-15(8-14-9-17(28)18(29)11-16(14)27)10-21(40)37-6-7-39-20(12-37)35-36-25(39)26(30,31)32;/h9,11,13,15,19,22H,3-8,10,12,33H2,1-2H3,(H,34,41);1H. The monoisotopic (exact) mass is 639 g/mol. The average molecular weight is 640 g/mol. The minimum atomic E-state index is -4.73. The molecule has 0 radical (unpaired) electrons. The third-order valence-corrected chi connectivity index (χ3v) is 7.52. The molecule has 1 aromatic carbocycles. The van der Waals surface area contributed by atoms with Gasteiger partial charge in [-0.1, -0.05) is 13.8 Å². The number of carbonyl (C=O) groups excluding carboxylic acids is 3. The van der Waals surface area contributed by atoms with Crippen LogP contribution < -0.4 is 11.1 Å². The Bertz CT molecular complexity index is 1360. The number of nitrogens with zero attached hydrogens (tertiary/aromatic N) is 5. The summed E-state index contributed by atoms with van der Waals surface area (Å²) in [4.78, 5) is 42.1. The Balaban J connectivity index is 0.00000506. The van der Waals surface area contributed by atoms with Gasteiger partial charge in [0.05, 0.1) is 12.6 Å². The summed E-state index contributed by atoms with van der Waals surface area (Å²) in [6.45, 7) is 3.17. The Hall–Kier alpha value is -3.40. The van der Waals surface area contributed by atoms with Gasteiger partial charge in [0.25, 0.3) is 0 Å². The molecule has 0 aliphatic carbocycles. The van der Waals surface area contributed by atoms with Gasteiger partial charge in [0.1, 0.15) is 11.9 Å². The molecular formula is C26H32ClF6N7O3. The SMILES string of the molecule is CC(C)C(N)C(=O)N1CCCC1C(=O)NC(CC(=O)N1CCn2c(nnc2C(F)(F)F)C1)Cc1cc(F)c(F)cc1F.Cl. The maximum absolute atomic E-state index is 14.5. The van der Waals surface area contributed by atoms with Crippen molar-refractivity contribution >= 4 is 30.1 Å². The molecule has 3 heterocycles. The normalized spacial score (nSPS) is 18.2. The number of rotatable bonds is 8. The van der Waals surface area contributed by atoms with E-state index in [4.69, 9.17) is 5.73 Å². The quantitative estimate of drug-likeness (QED) is 0.338. The van der Waals surface area contributed by atoms with E-state index in [1.54, 1.807) is 13.8 Å². The summed E-state index contributed by atoms with van der Waals surface area (Å²) in [6.07, 6.45) is -4.75. The number of fused-ring (bicyclic) bond motifs is 1. The van der Waals surface area contributed by atoms with Crippen LogP contribution in [0.5, 0.6) is 0 Å². The van der Waals surface area contributed by atoms with Crippen molar-refractivity contribution in [2.45, 2.75) is 76.9 Å². The van der Waals surface area contributed by atoms with Crippen molar-refractivity contribution in [1.82, 2.24) is 29.9 Å². The third kappa shape index (κ3) is 7.58. The van der Waals surface area contributed by atoms with E-state index in [0.717, 1.165) is 4.57 Å². The Morgan fingerprint density at radius 1 is 1.05 bits per heavy atom. The van der Waals surface area contributed by atoms with Gasteiger partial charge in [-0.2, -0.15) is 13.2 Å². The van der Waals surface area contributed by atoms with Crippen molar-refractivity contribution < 1.29 is 40.7 Å². The molecule has 1 aromatic heterocycles. The van der Waals surface area contributed by atoms with E-state index in [0.29, 0.717) is 25.0 Å². The summed E-state index contributed by atoms with van der Waals surface area (Å²) in [6, 6.07) is -1.91. The van der Waals surface area contributed by atoms with Crippen LogP contribution in [0.4, 0.5) is 26.3 Å². The summed E-state index contributed by atoms with van der Waals surface area (Å²) in [5.74, 6) is -6.94. The number of nitrogens with one attached hydrogen (secondary N) is 1. The topological polar surface area (TPSA) is 126 Å². The molecule has 2 aliphatic heterocycles. The molecule has 17 heteroatoms. The Labute approximate surface area is 249 Å². The first-order valence-electron chi connectivity index (χ1n) is 13.4. The van der Waals surface area contributed by atoms with Crippen LogP contribution in [0.1, 0.15) is 50.3 Å². The van der Waals surface area contributed by atoms with Crippen molar-refractivity contribution in [1.29, 1.82) is 0 Å². The van der Waals surface area contributed by atoms with Crippen LogP contribution in [0.25, 0.3) is 0 Å². The Morgan fingerprint density at radius 3 is 2.37 bits per heavy atom. The van der Waals surface area contributed by atoms with E-state index < -0.39 is 78.1 Å². The second-order valence-corrected chi connectivity index (χ2v) is 10.8. The van der Waals surface area contributed by atoms with Crippen LogP contribution in [0, 0.1) is 23.4 Å². The summed E-state index contributed by atoms with van der Waals surface area (Å²) < 4.78 is 82.4. The first-order valence-corrected chi connectivity index (χ1v) is 13.4. The van der Waals surface area contributed by atoms with Crippen LogP contribution in [-0.4, -0.2) is 73.5 Å². The number of likely N-dealkylation sites (tertiary alicyclic amines) is 1. The predicted molar refractivity (Wildman–Crippen MR) is 142 cm³/mol. The lowest BCUT2D eigenvalue weighted by Crippen LogP contribution is -2.54. The van der Waals surface area contributed by atoms with Gasteiger partial charge in [0, 0.05) is 38.2 Å². The molecule has 1 saturated heterocycles. The van der Waals surface area contributed by atoms with Gasteiger partial charge in [0.15, 0.2) is 17.5 Å². The highest BCUT2D eigenvalue weighted by Gasteiger charge is 2.41. The number of carbonyl (C=O) groups is 3. The van der Waals surface area contributed by atoms with Crippen molar-refractivity contribution in [2.75, 3.05) is 13.1 Å². The highest BCUT2D eigenvalue weighted by atomic mass is 35.5. The molecule has 2 aliphatic rings. The van der Waals surface area contributed by atoms with Crippen molar-refractivity contribution in [3.8, 4) is 0 Å². The van der Waals surface area contributed by atoms with Crippen LogP contribution in [0.15, 0.2) is 12.1 Å². The second-order valence-electron chi connectivity index (χ2n) is 10.8. The molecule has 0 saturated carbocycles. The minimum absolute atomic E-state index is 0. The summed E-state index contributed by atoms with van der Waals surface area (Å²) in [5.41, 5.74) is 5.70. The number of aromatic nitrogens is 3. The maximum Gasteiger partial charge on any atom is 0.451 e. The summed E-state index contributed by atoms with van der Waals surface area (Å²) in [7, 11) is 0. The van der Waals surface area contributed by atoms with E-state index in [-0.39, 0.29) is 55.9 Å². The third-order valence-electron chi connectivity index (χ3n) is 7.52. The molecule has 2 aromatic rings. The molecule has 0 bridgehead atoms. The molecule has 3 atom stereocenters. The zero-order chi connectivity index (χ0) is 30.9. The molecular weight excluding hydrogens is 608 g/mol. The number of halogens is 7. The molecule has 238 valence electrons. The van der Waals surface area contributed by atoms with Gasteiger partial charge in [-0.25, -0.2) is 13.2 Å². The maximum atomic E-state index is 14.5. The fraction of sp³-hybridized carbons (Fsp3) is 0.577. The molecule has 0 spiro atoms. The van der Waals surface area contributed by atoms with E-state index >= 15 is 0 Å². The van der Waals surface area contributed by atoms with E-state index in [1.807, 2.05) is 0 Å². The van der Waals surface area contributed by atoms with Gasteiger partial charge < -0.3 is 25.4 Å². The summed E-state index contributed by atoms with van der Waals surface area (Å²) >= 11 is 0. The lowest BCUT2D eigenvalue weighted by Gasteiger charge is -2.31. The zero-order valence-electron chi connectivity index (χ0n) is 23.3. The molecule has 43 heavy (non-hydrogen) atoms. The fourth-order valence-corrected chi connectivity index (χ4v) is 5.16. The first kappa shape index (κ1) is 34.1. The number of nitrogens with two attached hydrogens (primary N) is 1. The van der Waals surface area contributed by atoms with Crippen LogP contribution in [-0.2, 0) is 40.1 Å². The molecule has 3 unspecified atom stereocenters. The van der Waals surface area contributed by atoms with Crippen LogP contribution in [0.3, 0.4) is 0 Å². The van der Waals surface area contributed by atoms with Crippen molar-refractivity contribution in [2.24, 2.45) is 11.7 Å². The molecule has 3 amide bonds. The highest BCUT2D eigenvalue weighted by molar-refractivity contribution is 5.91. The highest BCUT2D eigenvalue weighted by Crippen LogP contribution is 2.30. The van der Waals surface area contributed by atoms with E-state index in [9.17, 15) is 40.7 Å². The first-order chi connectivity index (χ1) is 19.7. The van der Waals surface area contributed by atoms with Crippen LogP contribution >= 0.6 is 12.4 Å². The summed E-state index contributed by atoms with van der Waals surface area (Å²) in [5, 5.41) is 9.36. The van der Waals surface area contributed by atoms with E-state index in [1.165, 1.54) is 9.80 Å². The molecule has 1 fully saturated rings. The lowest BCUT2D eigenvalue weighted by molar-refractivity contribution is -0.148. The smallest absolute Gasteiger partial charge is 0.351 e. The van der Waals surface area contributed by atoms with Crippen LogP contribution in [0.2, 0.25) is 0 Å². The number of amides is 3. The Kier molecular flexibility index (Phi) is 10.7. The number of hydrogen-bond donors (Lipinski definition) is 2. The zero-order valence-corrected chi connectivity index (χ0v) is 24.2. The molecule has 10 nitrogen and oxygen atoms in total. The van der Waals surface area contributed by atoms with Crippen molar-refractivity contribution in [3.05, 3.63) is 46.8 Å². The number of benzene rings is 1. The number of hydrogen-bond acceptors (Lipinski definition) is 6. The molecule has 4 rings (SSSR count). The minimum Gasteiger partial charge on any atom is -0.351 e. The lowest BCUT2D eigenvalue weighted by atomic mass is 10.0. The molecule has 3 N–H and O–H groups in total. The van der Waals surface area contributed by atoms with Gasteiger partial charge in [0.2, 0.25) is 23.5 Å². The van der Waals surface area contributed by atoms with E-state index in [2.05, 4.69) is 15.5 Å². The number of alkyl halides is 3. The van der Waals surface area contributed by atoms with Gasteiger partial charge >= 0.3 is 6.18 Å². The Morgan fingerprint density at radius 2 is 1.72 bits per heavy atom. The van der Waals surface area contributed by atoms with Gasteiger partial charge in [-0.3, -0.25) is 14.4 Å². The second kappa shape index (κ2) is 13.5.